The number of rotatable bonds is 8. The first-order valence-electron chi connectivity index (χ1n) is 8.08. The van der Waals surface area contributed by atoms with E-state index in [2.05, 4.69) is 0 Å². The lowest BCUT2D eigenvalue weighted by molar-refractivity contribution is -0.140. The Bertz CT molecular complexity index is 893. The van der Waals surface area contributed by atoms with Gasteiger partial charge in [-0.1, -0.05) is 24.3 Å². The molecular formula is C21H18O7. The highest BCUT2D eigenvalue weighted by molar-refractivity contribution is 6.68. The molecule has 2 N–H and O–H groups in total. The summed E-state index contributed by atoms with van der Waals surface area (Å²) in [6.07, 6.45) is 4.63. The van der Waals surface area contributed by atoms with E-state index in [1.54, 1.807) is 0 Å². The SMILES string of the molecule is COc1cc(/C=C/C(=O)C(=O)C(=O)/C=C/c2ccc(O)c(OC)c2)ccc1O. The van der Waals surface area contributed by atoms with E-state index in [-0.39, 0.29) is 23.0 Å². The Hall–Kier alpha value is -3.87. The molecule has 0 fully saturated rings. The number of benzene rings is 2. The number of Topliss-reactive ketones (excluding diaryl/α,β-unsaturated/α-hetero) is 1. The van der Waals surface area contributed by atoms with Crippen molar-refractivity contribution in [2.24, 2.45) is 0 Å². The summed E-state index contributed by atoms with van der Waals surface area (Å²) in [5.74, 6) is -2.85. The topological polar surface area (TPSA) is 110 Å². The molecule has 144 valence electrons. The van der Waals surface area contributed by atoms with Crippen molar-refractivity contribution < 1.29 is 34.1 Å². The number of hydrogen-bond donors (Lipinski definition) is 2. The molecule has 0 aliphatic carbocycles. The van der Waals surface area contributed by atoms with E-state index in [1.165, 1.54) is 62.8 Å². The first-order chi connectivity index (χ1) is 13.3. The zero-order chi connectivity index (χ0) is 20.7. The van der Waals surface area contributed by atoms with Gasteiger partial charge in [0.1, 0.15) is 0 Å². The maximum Gasteiger partial charge on any atom is 0.272 e. The second kappa shape index (κ2) is 9.18. The third-order valence-corrected chi connectivity index (χ3v) is 3.71. The van der Waals surface area contributed by atoms with Crippen LogP contribution in [0.15, 0.2) is 48.6 Å². The van der Waals surface area contributed by atoms with E-state index in [4.69, 9.17) is 9.47 Å². The number of ketones is 3. The van der Waals surface area contributed by atoms with Crippen molar-refractivity contribution in [2.45, 2.75) is 0 Å². The Kier molecular flexibility index (Phi) is 6.70. The average molecular weight is 382 g/mol. The smallest absolute Gasteiger partial charge is 0.272 e. The van der Waals surface area contributed by atoms with Crippen LogP contribution in [-0.4, -0.2) is 41.8 Å². The first kappa shape index (κ1) is 20.4. The van der Waals surface area contributed by atoms with Crippen molar-refractivity contribution >= 4 is 29.5 Å². The molecule has 0 spiro atoms. The fraction of sp³-hybridized carbons (Fsp3) is 0.0952. The van der Waals surface area contributed by atoms with Crippen molar-refractivity contribution in [3.8, 4) is 23.0 Å². The molecule has 0 radical (unpaired) electrons. The Morgan fingerprint density at radius 3 is 1.50 bits per heavy atom. The number of methoxy groups -OCH3 is 2. The predicted molar refractivity (Wildman–Crippen MR) is 102 cm³/mol. The molecule has 28 heavy (non-hydrogen) atoms. The van der Waals surface area contributed by atoms with Crippen LogP contribution in [0.25, 0.3) is 12.2 Å². The quantitative estimate of drug-likeness (QED) is 0.410. The highest BCUT2D eigenvalue weighted by Crippen LogP contribution is 2.27. The molecule has 2 aromatic rings. The molecule has 0 aliphatic heterocycles. The fourth-order valence-electron chi connectivity index (χ4n) is 2.21. The third-order valence-electron chi connectivity index (χ3n) is 3.71. The van der Waals surface area contributed by atoms with Crippen molar-refractivity contribution in [1.82, 2.24) is 0 Å². The van der Waals surface area contributed by atoms with Gasteiger partial charge in [-0.25, -0.2) is 0 Å². The van der Waals surface area contributed by atoms with Crippen LogP contribution in [-0.2, 0) is 14.4 Å². The molecule has 7 nitrogen and oxygen atoms in total. The highest BCUT2D eigenvalue weighted by atomic mass is 16.5. The molecule has 0 aliphatic rings. The molecule has 7 heteroatoms. The van der Waals surface area contributed by atoms with E-state index in [9.17, 15) is 24.6 Å². The van der Waals surface area contributed by atoms with Gasteiger partial charge in [-0.05, 0) is 47.5 Å². The molecule has 0 bridgehead atoms. The number of phenols is 2. The van der Waals surface area contributed by atoms with Gasteiger partial charge in [-0.3, -0.25) is 14.4 Å². The number of allylic oxidation sites excluding steroid dienone is 2. The van der Waals surface area contributed by atoms with Crippen LogP contribution < -0.4 is 9.47 Å². The number of phenolic OH excluding ortho intramolecular Hbond substituents is 2. The zero-order valence-corrected chi connectivity index (χ0v) is 15.2. The lowest BCUT2D eigenvalue weighted by Crippen LogP contribution is -2.20. The Morgan fingerprint density at radius 2 is 1.14 bits per heavy atom. The van der Waals surface area contributed by atoms with Crippen molar-refractivity contribution in [3.05, 3.63) is 59.7 Å². The molecule has 2 rings (SSSR count). The number of carbonyl (C=O) groups excluding carboxylic acids is 3. The highest BCUT2D eigenvalue weighted by Gasteiger charge is 2.17. The summed E-state index contributed by atoms with van der Waals surface area (Å²) in [5, 5.41) is 19.1. The van der Waals surface area contributed by atoms with Crippen LogP contribution in [0.5, 0.6) is 23.0 Å². The molecule has 0 amide bonds. The molecular weight excluding hydrogens is 364 g/mol. The largest absolute Gasteiger partial charge is 0.504 e. The van der Waals surface area contributed by atoms with Gasteiger partial charge in [0.15, 0.2) is 23.0 Å². The summed E-state index contributed by atoms with van der Waals surface area (Å²) in [5.41, 5.74) is 1.02. The molecule has 0 atom stereocenters. The minimum Gasteiger partial charge on any atom is -0.504 e. The third kappa shape index (κ3) is 5.07. The summed E-state index contributed by atoms with van der Waals surface area (Å²) in [7, 11) is 2.76. The molecule has 0 aromatic heterocycles. The van der Waals surface area contributed by atoms with Crippen LogP contribution in [0.4, 0.5) is 0 Å². The summed E-state index contributed by atoms with van der Waals surface area (Å²) in [6.45, 7) is 0. The monoisotopic (exact) mass is 382 g/mol. The normalized spacial score (nSPS) is 10.9. The summed E-state index contributed by atoms with van der Waals surface area (Å²) < 4.78 is 9.90. The van der Waals surface area contributed by atoms with E-state index >= 15 is 0 Å². The van der Waals surface area contributed by atoms with Crippen molar-refractivity contribution in [1.29, 1.82) is 0 Å². The van der Waals surface area contributed by atoms with Gasteiger partial charge in [0.25, 0.3) is 5.78 Å². The molecule has 0 heterocycles. The van der Waals surface area contributed by atoms with Crippen molar-refractivity contribution in [3.63, 3.8) is 0 Å². The maximum atomic E-state index is 11.9. The average Bonchev–Trinajstić information content (AvgIpc) is 2.71. The predicted octanol–water partition coefficient (Wildman–Crippen LogP) is 2.55. The minimum absolute atomic E-state index is 0.0618. The van der Waals surface area contributed by atoms with Crippen LogP contribution >= 0.6 is 0 Å². The lowest BCUT2D eigenvalue weighted by atomic mass is 10.1. The Labute approximate surface area is 161 Å². The van der Waals surface area contributed by atoms with E-state index in [0.717, 1.165) is 12.2 Å². The summed E-state index contributed by atoms with van der Waals surface area (Å²) in [6, 6.07) is 8.75. The van der Waals surface area contributed by atoms with Crippen LogP contribution in [0, 0.1) is 0 Å². The molecule has 0 unspecified atom stereocenters. The van der Waals surface area contributed by atoms with Gasteiger partial charge < -0.3 is 19.7 Å². The van der Waals surface area contributed by atoms with Crippen molar-refractivity contribution in [2.75, 3.05) is 14.2 Å². The van der Waals surface area contributed by atoms with Gasteiger partial charge in [-0.2, -0.15) is 0 Å². The molecule has 0 saturated carbocycles. The lowest BCUT2D eigenvalue weighted by Gasteiger charge is -2.03. The van der Waals surface area contributed by atoms with E-state index in [1.807, 2.05) is 0 Å². The Morgan fingerprint density at radius 1 is 0.750 bits per heavy atom. The first-order valence-corrected chi connectivity index (χ1v) is 8.08. The maximum absolute atomic E-state index is 11.9. The van der Waals surface area contributed by atoms with Gasteiger partial charge >= 0.3 is 0 Å². The molecule has 0 saturated heterocycles. The number of hydrogen-bond acceptors (Lipinski definition) is 7. The van der Waals surface area contributed by atoms with Crippen LogP contribution in [0.3, 0.4) is 0 Å². The fourth-order valence-corrected chi connectivity index (χ4v) is 2.21. The number of aromatic hydroxyl groups is 2. The standard InChI is InChI=1S/C21H18O7/c1-27-19-11-13(3-7-15(19)22)5-9-17(24)21(26)18(25)10-6-14-4-8-16(23)20(12-14)28-2/h3-12,22-23H,1-2H3/b9-5+,10-6+. The van der Waals surface area contributed by atoms with Gasteiger partial charge in [0.05, 0.1) is 14.2 Å². The van der Waals surface area contributed by atoms with Gasteiger partial charge in [0.2, 0.25) is 11.6 Å². The molecule has 2 aromatic carbocycles. The van der Waals surface area contributed by atoms with Crippen LogP contribution in [0.2, 0.25) is 0 Å². The van der Waals surface area contributed by atoms with Gasteiger partial charge in [-0.15, -0.1) is 0 Å². The number of carbonyl (C=O) groups is 3. The minimum atomic E-state index is -1.19. The summed E-state index contributed by atoms with van der Waals surface area (Å²) >= 11 is 0. The number of ether oxygens (including phenoxy) is 2. The van der Waals surface area contributed by atoms with E-state index in [0.29, 0.717) is 11.1 Å². The van der Waals surface area contributed by atoms with Crippen LogP contribution in [0.1, 0.15) is 11.1 Å². The van der Waals surface area contributed by atoms with E-state index < -0.39 is 17.3 Å². The Balaban J connectivity index is 2.06. The second-order valence-corrected chi connectivity index (χ2v) is 5.59. The zero-order valence-electron chi connectivity index (χ0n) is 15.2. The second-order valence-electron chi connectivity index (χ2n) is 5.59. The summed E-state index contributed by atoms with van der Waals surface area (Å²) in [4.78, 5) is 35.7. The van der Waals surface area contributed by atoms with Gasteiger partial charge in [0, 0.05) is 0 Å².